The van der Waals surface area contributed by atoms with Gasteiger partial charge in [0, 0.05) is 0 Å². The molecule has 2 aromatic heterocycles. The molecule has 1 fully saturated rings. The molecule has 3 rings (SSSR count). The predicted molar refractivity (Wildman–Crippen MR) is 98.0 cm³/mol. The lowest BCUT2D eigenvalue weighted by atomic mass is 10.0. The molecule has 2 aromatic rings. The Bertz CT molecular complexity index is 924. The molecule has 0 aliphatic carbocycles. The van der Waals surface area contributed by atoms with Crippen LogP contribution < -0.4 is 11.5 Å². The van der Waals surface area contributed by atoms with E-state index in [1.807, 2.05) is 0 Å². The summed E-state index contributed by atoms with van der Waals surface area (Å²) in [5, 5.41) is 25.1. The van der Waals surface area contributed by atoms with Crippen molar-refractivity contribution in [3.05, 3.63) is 29.0 Å². The molecule has 0 amide bonds. The van der Waals surface area contributed by atoms with Crippen LogP contribution >= 0.6 is 0 Å². The van der Waals surface area contributed by atoms with Gasteiger partial charge >= 0.3 is 11.7 Å². The lowest BCUT2D eigenvalue weighted by molar-refractivity contribution is -0.153. The van der Waals surface area contributed by atoms with E-state index in [9.17, 15) is 15.0 Å². The Hall–Kier alpha value is -2.78. The number of aliphatic hydroxyl groups is 2. The van der Waals surface area contributed by atoms with Crippen molar-refractivity contribution < 1.29 is 24.5 Å². The number of fused-ring (bicyclic) bond motifs is 1. The highest BCUT2D eigenvalue weighted by Gasteiger charge is 2.66. The highest BCUT2D eigenvalue weighted by molar-refractivity contribution is 5.75. The van der Waals surface area contributed by atoms with Crippen molar-refractivity contribution in [3.63, 3.8) is 0 Å². The monoisotopic (exact) mass is 391 g/mol. The lowest BCUT2D eigenvalue weighted by Crippen LogP contribution is -2.41. The number of aliphatic hydroxyl groups excluding tert-OH is 2. The van der Waals surface area contributed by atoms with Gasteiger partial charge in [0.15, 0.2) is 17.6 Å². The molecule has 1 aliphatic heterocycles. The van der Waals surface area contributed by atoms with Crippen molar-refractivity contribution in [1.82, 2.24) is 14.6 Å². The van der Waals surface area contributed by atoms with Gasteiger partial charge in [0.2, 0.25) is 0 Å². The summed E-state index contributed by atoms with van der Waals surface area (Å²) in [6.45, 7) is 8.78. The minimum Gasteiger partial charge on any atom is -0.462 e. The van der Waals surface area contributed by atoms with Crippen LogP contribution in [0.5, 0.6) is 0 Å². The first-order chi connectivity index (χ1) is 13.2. The fourth-order valence-corrected chi connectivity index (χ4v) is 3.08. The second-order valence-corrected chi connectivity index (χ2v) is 6.98. The summed E-state index contributed by atoms with van der Waals surface area (Å²) >= 11 is 0. The number of hydrogen-bond donors (Lipinski definition) is 4. The number of anilines is 1. The zero-order valence-electron chi connectivity index (χ0n) is 15.5. The summed E-state index contributed by atoms with van der Waals surface area (Å²) in [5.74, 6) is -0.561. The number of nitrogens with two attached hydrogens (primary N) is 2. The largest absolute Gasteiger partial charge is 0.462 e. The van der Waals surface area contributed by atoms with Crippen LogP contribution in [0.3, 0.4) is 0 Å². The van der Waals surface area contributed by atoms with Gasteiger partial charge in [0.25, 0.3) is 6.57 Å². The number of hydrogen-bond acceptors (Lipinski definition) is 9. The molecule has 11 nitrogen and oxygen atoms in total. The Morgan fingerprint density at radius 3 is 2.86 bits per heavy atom. The van der Waals surface area contributed by atoms with Crippen molar-refractivity contribution in [2.75, 3.05) is 12.3 Å². The topological polar surface area (TPSA) is 163 Å². The van der Waals surface area contributed by atoms with Crippen molar-refractivity contribution >= 4 is 17.3 Å². The van der Waals surface area contributed by atoms with E-state index < -0.39 is 36.0 Å². The molecule has 1 saturated heterocycles. The normalized spacial score (nSPS) is 28.4. The number of nitrogen functional groups attached to an aromatic ring is 1. The summed E-state index contributed by atoms with van der Waals surface area (Å²) in [4.78, 5) is 19.6. The van der Waals surface area contributed by atoms with E-state index in [4.69, 9.17) is 27.5 Å². The molecule has 11 heteroatoms. The van der Waals surface area contributed by atoms with Gasteiger partial charge in [-0.3, -0.25) is 9.53 Å². The Morgan fingerprint density at radius 1 is 1.50 bits per heavy atom. The number of carbonyl (C=O) groups is 1. The fraction of sp³-hybridized carbons (Fsp3) is 0.529. The van der Waals surface area contributed by atoms with E-state index in [1.54, 1.807) is 26.0 Å². The Balaban J connectivity index is 1.88. The van der Waals surface area contributed by atoms with Crippen LogP contribution in [-0.2, 0) is 20.0 Å². The van der Waals surface area contributed by atoms with Crippen LogP contribution in [0.15, 0.2) is 18.5 Å². The van der Waals surface area contributed by atoms with Gasteiger partial charge in [-0.1, -0.05) is 13.8 Å². The average Bonchev–Trinajstić information content (AvgIpc) is 3.21. The fourth-order valence-electron chi connectivity index (χ4n) is 3.08. The van der Waals surface area contributed by atoms with Gasteiger partial charge in [-0.2, -0.15) is 5.10 Å². The Labute approximate surface area is 160 Å². The molecule has 1 aliphatic rings. The number of carbonyl (C=O) groups excluding carboxylic acids is 1. The minimum atomic E-state index is -1.84. The second-order valence-electron chi connectivity index (χ2n) is 6.98. The first-order valence-electron chi connectivity index (χ1n) is 8.70. The van der Waals surface area contributed by atoms with Gasteiger partial charge in [-0.05, 0) is 22.9 Å². The van der Waals surface area contributed by atoms with Crippen molar-refractivity contribution in [2.24, 2.45) is 11.7 Å². The van der Waals surface area contributed by atoms with Gasteiger partial charge in [0.1, 0.15) is 36.7 Å². The molecule has 0 radical (unpaired) electrons. The Kier molecular flexibility index (Phi) is 5.22. The zero-order chi connectivity index (χ0) is 20.6. The van der Waals surface area contributed by atoms with E-state index in [1.165, 1.54) is 10.8 Å². The molecule has 0 spiro atoms. The summed E-state index contributed by atoms with van der Waals surface area (Å²) in [5.41, 5.74) is 10.4. The lowest BCUT2D eigenvalue weighted by Gasteiger charge is -2.18. The van der Waals surface area contributed by atoms with Crippen LogP contribution in [-0.4, -0.2) is 61.7 Å². The molecule has 0 bridgehead atoms. The van der Waals surface area contributed by atoms with Crippen LogP contribution in [0.1, 0.15) is 19.5 Å². The summed E-state index contributed by atoms with van der Waals surface area (Å²) in [7, 11) is 0. The van der Waals surface area contributed by atoms with Crippen molar-refractivity contribution in [2.45, 2.75) is 43.9 Å². The maximum absolute atomic E-state index is 12.0. The molecule has 28 heavy (non-hydrogen) atoms. The Morgan fingerprint density at radius 2 is 2.21 bits per heavy atom. The number of nitrogens with zero attached hydrogens (tertiary/aromatic N) is 4. The first kappa shape index (κ1) is 20.0. The second kappa shape index (κ2) is 7.33. The number of esters is 1. The molecule has 150 valence electrons. The summed E-state index contributed by atoms with van der Waals surface area (Å²) in [6, 6.07) is 2.34. The number of ether oxygens (including phenoxy) is 2. The summed E-state index contributed by atoms with van der Waals surface area (Å²) < 4.78 is 12.3. The predicted octanol–water partition coefficient (Wildman–Crippen LogP) is -0.926. The van der Waals surface area contributed by atoms with Gasteiger partial charge in [0.05, 0.1) is 0 Å². The van der Waals surface area contributed by atoms with E-state index in [2.05, 4.69) is 14.9 Å². The molecule has 6 N–H and O–H groups in total. The van der Waals surface area contributed by atoms with Crippen LogP contribution in [0.2, 0.25) is 0 Å². The zero-order valence-corrected chi connectivity index (χ0v) is 15.5. The third-order valence-corrected chi connectivity index (χ3v) is 4.86. The van der Waals surface area contributed by atoms with Gasteiger partial charge in [-0.15, -0.1) is 0 Å². The van der Waals surface area contributed by atoms with Crippen LogP contribution in [0.4, 0.5) is 5.82 Å². The summed E-state index contributed by atoms with van der Waals surface area (Å²) in [6.07, 6.45) is -2.84. The molecular formula is C17H23N6O5+. The standard InChI is InChI=1S/C17H23N6O5/c1-8(2)12(18)16(26)27-6-10-13(24)14(25)17(20-3,28-10)11-5-4-9-15(19)21-7-22-23(9)11/h3-5,7-8,10,12-14,24-25H,6,18H2,1-2H3,(H2,19,21,22)/q+1/t10-,12+,13-,14-,17+/m1/s1. The molecule has 3 heterocycles. The van der Waals surface area contributed by atoms with Crippen molar-refractivity contribution in [3.8, 4) is 6.57 Å². The maximum Gasteiger partial charge on any atom is 0.456 e. The first-order valence-corrected chi connectivity index (χ1v) is 8.70. The third kappa shape index (κ3) is 3.06. The van der Waals surface area contributed by atoms with E-state index in [0.717, 1.165) is 0 Å². The quantitative estimate of drug-likeness (QED) is 0.472. The molecular weight excluding hydrogens is 368 g/mol. The van der Waals surface area contributed by atoms with Crippen LogP contribution in [0.25, 0.3) is 10.4 Å². The van der Waals surface area contributed by atoms with Gasteiger partial charge in [-0.25, -0.2) is 9.50 Å². The van der Waals surface area contributed by atoms with E-state index in [-0.39, 0.29) is 24.0 Å². The van der Waals surface area contributed by atoms with Crippen molar-refractivity contribution in [1.29, 1.82) is 0 Å². The van der Waals surface area contributed by atoms with Gasteiger partial charge < -0.3 is 26.4 Å². The highest BCUT2D eigenvalue weighted by Crippen LogP contribution is 2.42. The number of aromatic nitrogens is 3. The molecule has 5 atom stereocenters. The average molecular weight is 391 g/mol. The van der Waals surface area contributed by atoms with E-state index >= 15 is 0 Å². The third-order valence-electron chi connectivity index (χ3n) is 4.86. The molecule has 0 aromatic carbocycles. The minimum absolute atomic E-state index is 0.122. The van der Waals surface area contributed by atoms with E-state index in [0.29, 0.717) is 5.52 Å². The maximum atomic E-state index is 12.0. The highest BCUT2D eigenvalue weighted by atomic mass is 16.6. The molecule has 0 unspecified atom stereocenters. The molecule has 0 saturated carbocycles. The SMILES string of the molecule is C#[N+][C@@]1(c2ccc3c(N)ncnn23)O[C@H](COC(=O)[C@@H](N)C(C)C)[C@@H](O)[C@H]1O. The van der Waals surface area contributed by atoms with Crippen LogP contribution in [0, 0.1) is 12.5 Å². The number of rotatable bonds is 5. The smallest absolute Gasteiger partial charge is 0.456 e.